The summed E-state index contributed by atoms with van der Waals surface area (Å²) in [5.41, 5.74) is 4.63. The molecule has 6 amide bonds. The lowest BCUT2D eigenvalue weighted by Crippen LogP contribution is -2.62. The van der Waals surface area contributed by atoms with Gasteiger partial charge in [-0.3, -0.25) is 28.8 Å². The third-order valence-corrected chi connectivity index (χ3v) is 23.0. The maximum atomic E-state index is 14.6. The fourth-order valence-electron chi connectivity index (χ4n) is 15.6. The summed E-state index contributed by atoms with van der Waals surface area (Å²) in [6.07, 6.45) is 1.79. The number of rotatable bonds is 18. The first-order valence-corrected chi connectivity index (χ1v) is 42.2. The van der Waals surface area contributed by atoms with Crippen LogP contribution in [0, 0.1) is 17.7 Å². The summed E-state index contributed by atoms with van der Waals surface area (Å²) in [4.78, 5) is 148. The Kier molecular flexibility index (Phi) is 27.7. The van der Waals surface area contributed by atoms with Crippen molar-refractivity contribution < 1.29 is 102 Å². The van der Waals surface area contributed by atoms with Crippen molar-refractivity contribution in [1.82, 2.24) is 111 Å². The number of fused-ring (bicyclic) bond motifs is 4. The van der Waals surface area contributed by atoms with E-state index in [9.17, 15) is 96.1 Å². The lowest BCUT2D eigenvalue weighted by Gasteiger charge is -2.43. The molecule has 0 aromatic carbocycles. The summed E-state index contributed by atoms with van der Waals surface area (Å²) in [6, 6.07) is 7.22. The number of aromatic nitrogens is 16. The van der Waals surface area contributed by atoms with E-state index in [1.54, 1.807) is 86.1 Å². The van der Waals surface area contributed by atoms with Crippen LogP contribution in [0.2, 0.25) is 20.1 Å². The van der Waals surface area contributed by atoms with Crippen molar-refractivity contribution in [1.29, 1.82) is 0 Å². The molecule has 704 valence electrons. The molecule has 6 aliphatic rings. The van der Waals surface area contributed by atoms with Crippen molar-refractivity contribution in [3.05, 3.63) is 143 Å². The molecule has 0 unspecified atom stereocenters. The Balaban J connectivity index is 0.000000173. The minimum atomic E-state index is -4.60. The molecule has 0 spiro atoms. The Bertz CT molecular complexity index is 6310. The van der Waals surface area contributed by atoms with E-state index in [4.69, 9.17) is 46.4 Å². The van der Waals surface area contributed by atoms with Crippen LogP contribution in [-0.4, -0.2) is 275 Å². The Morgan fingerprint density at radius 3 is 1.03 bits per heavy atom. The first-order chi connectivity index (χ1) is 62.7. The number of piperazine rings is 2. The largest absolute Gasteiger partial charge is 0.405 e. The second kappa shape index (κ2) is 39.0. The zero-order chi connectivity index (χ0) is 94.0. The van der Waals surface area contributed by atoms with Gasteiger partial charge in [0.05, 0.1) is 51.6 Å². The number of aromatic amines is 4. The van der Waals surface area contributed by atoms with Gasteiger partial charge in [-0.05, 0) is 68.1 Å². The third kappa shape index (κ3) is 22.5. The minimum absolute atomic E-state index is 0. The van der Waals surface area contributed by atoms with Gasteiger partial charge in [-0.25, -0.2) is 64.2 Å². The molecular weight excluding hydrogens is 1850 g/mol. The molecular formula is C81H83Cl4F13N26O8. The number of hydrogen-bond acceptors (Lipinski definition) is 24. The Morgan fingerprint density at radius 1 is 0.394 bits per heavy atom. The molecule has 12 aromatic heterocycles. The molecule has 2 saturated carbocycles. The summed E-state index contributed by atoms with van der Waals surface area (Å²) in [5, 5.41) is 31.9. The van der Waals surface area contributed by atoms with Gasteiger partial charge in [-0.2, -0.15) is 52.7 Å². The van der Waals surface area contributed by atoms with Gasteiger partial charge in [-0.1, -0.05) is 52.8 Å². The van der Waals surface area contributed by atoms with Crippen molar-refractivity contribution in [2.75, 3.05) is 98.1 Å². The number of alkyl halides is 12. The van der Waals surface area contributed by atoms with E-state index in [1.165, 1.54) is 54.3 Å². The zero-order valence-corrected chi connectivity index (χ0v) is 71.4. The smallest absolute Gasteiger partial charge is 0.391 e. The van der Waals surface area contributed by atoms with Gasteiger partial charge in [0.2, 0.25) is 35.4 Å². The second-order valence-electron chi connectivity index (χ2n) is 31.4. The molecule has 16 heterocycles. The second-order valence-corrected chi connectivity index (χ2v) is 33.2. The molecule has 2 aliphatic carbocycles. The number of halogens is 17. The molecule has 132 heavy (non-hydrogen) atoms. The van der Waals surface area contributed by atoms with E-state index >= 15 is 0 Å². The number of carbonyl (C=O) groups excluding carboxylic acids is 6. The third-order valence-electron chi connectivity index (χ3n) is 22.1. The van der Waals surface area contributed by atoms with E-state index in [0.29, 0.717) is 134 Å². The fourth-order valence-corrected chi connectivity index (χ4v) is 16.2. The summed E-state index contributed by atoms with van der Waals surface area (Å²) in [6.45, 7) is -4.90. The number of aliphatic hydroxyl groups is 2. The van der Waals surface area contributed by atoms with Gasteiger partial charge in [-0.15, -0.1) is 0 Å². The predicted molar refractivity (Wildman–Crippen MR) is 462 cm³/mol. The average Bonchev–Trinajstić information content (AvgIpc) is 1.47. The highest BCUT2D eigenvalue weighted by Crippen LogP contribution is 2.39. The van der Waals surface area contributed by atoms with Crippen LogP contribution in [-0.2, 0) is 28.8 Å². The highest BCUT2D eigenvalue weighted by atomic mass is 35.5. The minimum Gasteiger partial charge on any atom is -0.391 e. The van der Waals surface area contributed by atoms with Gasteiger partial charge in [0.25, 0.3) is 0 Å². The van der Waals surface area contributed by atoms with Crippen molar-refractivity contribution in [2.45, 2.75) is 106 Å². The summed E-state index contributed by atoms with van der Waals surface area (Å²) in [5.74, 6) is -2.78. The standard InChI is InChI=1S/C23H23ClF3N7O2.C22H21ClF3N7O2.C18H15ClF4N6O2.C18H16ClF3N6O2.4H2/c24-14-8-15-16(10-30-19(15)29-9-14)20-28-5-4-18(32-20)34-7-6-33(22(36)13-2-1-3-13)11-17(34)21(35)31-12-23(25,26)27;23-13-7-14-15(9-29-18(14)28-8-13)19-27-4-3-17(31-19)33-6-5-32(21(35)12-1-2-12)10-16(33)20(34)30-11-22(24,25)26;19-8-1-10-11(4-25-14(10)24-3-8)15-26-5-12(20)16(28-15)29-6-9(30)2-13(29)17(31)27-7-18(21,22)23;19-9-3-11-12(6-25-15(11)24-5-9)16-23-2-1-14(27-16)28-7-10(29)4-13(28)17(30)26-8-18(20,21)22;;;;/h4-5,8-10,13,17H,1-3,6-7,11-12H2,(H,29,30)(H,31,35);3-4,7-9,12,16H,1-2,5-6,10-11H2,(H,28,29)(H,30,34);1,3-5,9,13,30H,2,6-7H2,(H,24,25)(H,27,31);1-3,5-6,10,13,29H,4,7-8H2,(H,24,25)(H,26,30);4*1H/t17-;16-;9-,13+;10-,13+;;;;/m0000..../s1. The molecule has 0 radical (unpaired) electrons. The maximum Gasteiger partial charge on any atom is 0.405 e. The summed E-state index contributed by atoms with van der Waals surface area (Å²) < 4.78 is 166. The summed E-state index contributed by atoms with van der Waals surface area (Å²) in [7, 11) is 0. The lowest BCUT2D eigenvalue weighted by atomic mass is 9.84. The van der Waals surface area contributed by atoms with Crippen molar-refractivity contribution in [3.63, 3.8) is 0 Å². The Labute approximate surface area is 762 Å². The summed E-state index contributed by atoms with van der Waals surface area (Å²) >= 11 is 24.2. The Morgan fingerprint density at radius 2 is 0.705 bits per heavy atom. The molecule has 4 aliphatic heterocycles. The number of β-amino-alcohol motifs (C(OH)–C–C–N with tert-alkyl or cyclic N) is 2. The first kappa shape index (κ1) is 93.9. The SMILES string of the molecule is O=C(NCC(F)(F)F)[C@@H]1CN(C(=O)C2CC2)CCN1c1ccnc(-c2c[nH]c3ncc(Cl)cc23)n1.O=C(NCC(F)(F)F)[C@@H]1CN(C(=O)C2CCC2)CCN1c1ccnc(-c2c[nH]c3ncc(Cl)cc23)n1.O=C(NCC(F)(F)F)[C@H]1C[C@H](O)CN1c1ccnc(-c2c[nH]c3ncc(Cl)cc23)n1.O=C(NCC(F)(F)F)[C@H]1C[C@H](O)CN1c1nc(-c2c[nH]c3ncc(Cl)cc23)ncc1F.[HH].[HH].[HH].[HH]. The van der Waals surface area contributed by atoms with E-state index in [2.05, 4.69) is 79.7 Å². The van der Waals surface area contributed by atoms with Crippen LogP contribution in [0.5, 0.6) is 0 Å². The van der Waals surface area contributed by atoms with Gasteiger partial charge >= 0.3 is 24.7 Å². The van der Waals surface area contributed by atoms with Crippen molar-refractivity contribution in [2.24, 2.45) is 11.8 Å². The average molecular weight is 1940 g/mol. The molecule has 51 heteroatoms. The van der Waals surface area contributed by atoms with Crippen molar-refractivity contribution in [3.8, 4) is 45.6 Å². The van der Waals surface area contributed by atoms with Crippen molar-refractivity contribution >= 4 is 149 Å². The number of hydrogen-bond donors (Lipinski definition) is 10. The number of carbonyl (C=O) groups is 6. The number of nitrogens with one attached hydrogen (secondary N) is 8. The first-order valence-electron chi connectivity index (χ1n) is 40.6. The predicted octanol–water partition coefficient (Wildman–Crippen LogP) is 11.7. The molecule has 18 rings (SSSR count). The molecule has 0 bridgehead atoms. The van der Waals surface area contributed by atoms with Gasteiger partial charge in [0.15, 0.2) is 34.9 Å². The highest BCUT2D eigenvalue weighted by molar-refractivity contribution is 6.32. The van der Waals surface area contributed by atoms with Gasteiger partial charge in [0.1, 0.15) is 90.4 Å². The number of pyridine rings is 4. The van der Waals surface area contributed by atoms with Crippen LogP contribution >= 0.6 is 46.4 Å². The van der Waals surface area contributed by atoms with Crippen LogP contribution in [0.25, 0.3) is 89.7 Å². The molecule has 4 saturated heterocycles. The molecule has 34 nitrogen and oxygen atoms in total. The Hall–Kier alpha value is -12.7. The number of aliphatic hydroxyl groups excluding tert-OH is 2. The maximum absolute atomic E-state index is 14.6. The van der Waals surface area contributed by atoms with Crippen LogP contribution in [0.1, 0.15) is 50.7 Å². The molecule has 10 N–H and O–H groups in total. The van der Waals surface area contributed by atoms with Gasteiger partial charge < -0.3 is 80.8 Å². The van der Waals surface area contributed by atoms with E-state index in [0.717, 1.165) is 43.2 Å². The molecule has 6 fully saturated rings. The number of anilines is 4. The molecule has 12 aromatic rings. The normalized spacial score (nSPS) is 19.0. The fraction of sp³-hybridized carbons (Fsp3) is 0.383. The van der Waals surface area contributed by atoms with Crippen LogP contribution in [0.3, 0.4) is 0 Å². The number of amides is 6. The van der Waals surface area contributed by atoms with Crippen LogP contribution in [0.4, 0.5) is 80.3 Å². The van der Waals surface area contributed by atoms with E-state index < -0.39 is 117 Å². The zero-order valence-electron chi connectivity index (χ0n) is 68.3. The van der Waals surface area contributed by atoms with Gasteiger partial charge in [0, 0.05) is 182 Å². The van der Waals surface area contributed by atoms with Crippen LogP contribution in [0.15, 0.2) is 117 Å². The quantitative estimate of drug-likeness (QED) is 0.0357. The van der Waals surface area contributed by atoms with E-state index in [1.807, 2.05) is 16.0 Å². The highest BCUT2D eigenvalue weighted by Gasteiger charge is 2.46. The van der Waals surface area contributed by atoms with Crippen LogP contribution < -0.4 is 40.9 Å². The lowest BCUT2D eigenvalue weighted by molar-refractivity contribution is -0.143. The van der Waals surface area contributed by atoms with E-state index in [-0.39, 0.29) is 93.1 Å². The topological polar surface area (TPSA) is 428 Å². The monoisotopic (exact) mass is 1930 g/mol. The number of H-pyrrole nitrogens is 4. The molecule has 6 atom stereocenters. The number of nitrogens with zero attached hydrogens (tertiary/aromatic N) is 18.